The Bertz CT molecular complexity index is 355. The van der Waals surface area contributed by atoms with Crippen molar-refractivity contribution in [2.75, 3.05) is 6.54 Å². The molecule has 1 aliphatic rings. The second kappa shape index (κ2) is 4.75. The van der Waals surface area contributed by atoms with Crippen molar-refractivity contribution in [3.63, 3.8) is 0 Å². The van der Waals surface area contributed by atoms with E-state index in [9.17, 15) is 22.8 Å². The fourth-order valence-electron chi connectivity index (χ4n) is 1.85. The summed E-state index contributed by atoms with van der Waals surface area (Å²) in [6.45, 7) is 0.543. The van der Waals surface area contributed by atoms with Crippen molar-refractivity contribution in [1.82, 2.24) is 4.90 Å². The van der Waals surface area contributed by atoms with Gasteiger partial charge in [-0.2, -0.15) is 13.2 Å². The minimum Gasteiger partial charge on any atom is -0.480 e. The first-order valence-electron chi connectivity index (χ1n) is 5.48. The molecular formula is C10H15F3N2O3. The molecule has 104 valence electrons. The average Bonchev–Trinajstić information content (AvgIpc) is 2.26. The maximum absolute atomic E-state index is 12.6. The zero-order valence-corrected chi connectivity index (χ0v) is 9.83. The highest BCUT2D eigenvalue weighted by Crippen LogP contribution is 2.31. The summed E-state index contributed by atoms with van der Waals surface area (Å²) in [4.78, 5) is 23.5. The number of hydrogen-bond acceptors (Lipinski definition) is 3. The number of hydrogen-bond donors (Lipinski definition) is 2. The number of nitrogens with zero attached hydrogens (tertiary/aromatic N) is 1. The van der Waals surface area contributed by atoms with E-state index in [1.54, 1.807) is 0 Å². The lowest BCUT2D eigenvalue weighted by Gasteiger charge is -2.38. The van der Waals surface area contributed by atoms with Crippen molar-refractivity contribution < 1.29 is 27.9 Å². The summed E-state index contributed by atoms with van der Waals surface area (Å²) >= 11 is 0. The summed E-state index contributed by atoms with van der Waals surface area (Å²) in [7, 11) is 0. The maximum atomic E-state index is 12.6. The predicted octanol–water partition coefficient (Wildman–Crippen LogP) is 0.732. The number of piperidine rings is 1. The van der Waals surface area contributed by atoms with Gasteiger partial charge in [-0.25, -0.2) is 4.79 Å². The molecule has 2 unspecified atom stereocenters. The van der Waals surface area contributed by atoms with E-state index >= 15 is 0 Å². The van der Waals surface area contributed by atoms with Gasteiger partial charge in [-0.1, -0.05) is 0 Å². The first kappa shape index (κ1) is 14.7. The van der Waals surface area contributed by atoms with Gasteiger partial charge in [-0.05, 0) is 26.2 Å². The molecule has 1 saturated heterocycles. The van der Waals surface area contributed by atoms with Crippen molar-refractivity contribution in [1.29, 1.82) is 0 Å². The van der Waals surface area contributed by atoms with Crippen LogP contribution in [0.2, 0.25) is 0 Å². The zero-order chi connectivity index (χ0) is 14.1. The number of carbonyl (C=O) groups is 2. The molecule has 3 N–H and O–H groups in total. The third kappa shape index (κ3) is 2.58. The minimum absolute atomic E-state index is 0.0152. The van der Waals surface area contributed by atoms with Crippen LogP contribution in [-0.4, -0.2) is 46.2 Å². The second-order valence-electron chi connectivity index (χ2n) is 4.55. The lowest BCUT2D eigenvalue weighted by Crippen LogP contribution is -2.65. The highest BCUT2D eigenvalue weighted by molar-refractivity contribution is 5.90. The van der Waals surface area contributed by atoms with Crippen LogP contribution in [0.3, 0.4) is 0 Å². The number of likely N-dealkylation sites (tertiary alicyclic amines) is 1. The Labute approximate surface area is 102 Å². The van der Waals surface area contributed by atoms with E-state index in [0.29, 0.717) is 19.8 Å². The lowest BCUT2D eigenvalue weighted by molar-refractivity contribution is -0.197. The van der Waals surface area contributed by atoms with Gasteiger partial charge in [0.15, 0.2) is 5.54 Å². The molecule has 5 nitrogen and oxygen atoms in total. The van der Waals surface area contributed by atoms with Gasteiger partial charge >= 0.3 is 12.1 Å². The van der Waals surface area contributed by atoms with Crippen LogP contribution in [0.15, 0.2) is 0 Å². The van der Waals surface area contributed by atoms with Crippen LogP contribution >= 0.6 is 0 Å². The topological polar surface area (TPSA) is 83.6 Å². The first-order valence-corrected chi connectivity index (χ1v) is 5.48. The fourth-order valence-corrected chi connectivity index (χ4v) is 1.85. The van der Waals surface area contributed by atoms with Gasteiger partial charge in [0.25, 0.3) is 5.91 Å². The highest BCUT2D eigenvalue weighted by Gasteiger charge is 2.56. The minimum atomic E-state index is -4.91. The van der Waals surface area contributed by atoms with Gasteiger partial charge < -0.3 is 15.7 Å². The molecule has 0 aromatic heterocycles. The Kier molecular flexibility index (Phi) is 3.89. The Balaban J connectivity index is 2.97. The summed E-state index contributed by atoms with van der Waals surface area (Å²) in [5.74, 6) is -2.69. The van der Waals surface area contributed by atoms with Gasteiger partial charge in [0.05, 0.1) is 0 Å². The van der Waals surface area contributed by atoms with Gasteiger partial charge in [0.2, 0.25) is 0 Å². The molecule has 0 bridgehead atoms. The van der Waals surface area contributed by atoms with Gasteiger partial charge in [-0.15, -0.1) is 0 Å². The predicted molar refractivity (Wildman–Crippen MR) is 55.6 cm³/mol. The SMILES string of the molecule is CC(N)(C(=O)N1CCCCC1C(=O)O)C(F)(F)F. The number of rotatable bonds is 2. The van der Waals surface area contributed by atoms with Crippen molar-refractivity contribution in [3.05, 3.63) is 0 Å². The second-order valence-corrected chi connectivity index (χ2v) is 4.55. The van der Waals surface area contributed by atoms with E-state index < -0.39 is 29.6 Å². The number of aliphatic carboxylic acids is 1. The Morgan fingerprint density at radius 3 is 2.33 bits per heavy atom. The van der Waals surface area contributed by atoms with Crippen LogP contribution < -0.4 is 5.73 Å². The number of carbonyl (C=O) groups excluding carboxylic acids is 1. The number of alkyl halides is 3. The van der Waals surface area contributed by atoms with E-state index in [2.05, 4.69) is 0 Å². The molecule has 2 atom stereocenters. The van der Waals surface area contributed by atoms with Crippen molar-refractivity contribution in [2.45, 2.75) is 43.9 Å². The normalized spacial score (nSPS) is 24.5. The van der Waals surface area contributed by atoms with Crippen molar-refractivity contribution in [2.24, 2.45) is 5.73 Å². The zero-order valence-electron chi connectivity index (χ0n) is 9.83. The molecule has 0 radical (unpaired) electrons. The quantitative estimate of drug-likeness (QED) is 0.773. The standard InChI is InChI=1S/C10H15F3N2O3/c1-9(14,10(11,12)13)8(18)15-5-3-2-4-6(15)7(16)17/h6H,2-5,14H2,1H3,(H,16,17). The highest BCUT2D eigenvalue weighted by atomic mass is 19.4. The van der Waals surface area contributed by atoms with Crippen LogP contribution in [0.25, 0.3) is 0 Å². The van der Waals surface area contributed by atoms with Crippen molar-refractivity contribution >= 4 is 11.9 Å². The fraction of sp³-hybridized carbons (Fsp3) is 0.800. The van der Waals surface area contributed by atoms with Crippen LogP contribution in [0.5, 0.6) is 0 Å². The monoisotopic (exact) mass is 268 g/mol. The van der Waals surface area contributed by atoms with Crippen LogP contribution in [0.4, 0.5) is 13.2 Å². The molecule has 0 saturated carbocycles. The number of carboxylic acid groups (broad SMARTS) is 1. The first-order chi connectivity index (χ1) is 8.09. The maximum Gasteiger partial charge on any atom is 0.415 e. The van der Waals surface area contributed by atoms with E-state index in [0.717, 1.165) is 4.90 Å². The molecule has 1 heterocycles. The molecule has 0 aromatic rings. The van der Waals surface area contributed by atoms with E-state index in [4.69, 9.17) is 10.8 Å². The third-order valence-corrected chi connectivity index (χ3v) is 3.08. The number of nitrogens with two attached hydrogens (primary N) is 1. The average molecular weight is 268 g/mol. The Morgan fingerprint density at radius 2 is 1.89 bits per heavy atom. The van der Waals surface area contributed by atoms with Crippen LogP contribution in [-0.2, 0) is 9.59 Å². The molecule has 1 rings (SSSR count). The van der Waals surface area contributed by atoms with Crippen LogP contribution in [0, 0.1) is 0 Å². The Hall–Kier alpha value is -1.31. The molecular weight excluding hydrogens is 253 g/mol. The third-order valence-electron chi connectivity index (χ3n) is 3.08. The summed E-state index contributed by atoms with van der Waals surface area (Å²) in [6.07, 6.45) is -3.73. The molecule has 0 spiro atoms. The number of carboxylic acids is 1. The van der Waals surface area contributed by atoms with Gasteiger partial charge in [0, 0.05) is 6.54 Å². The van der Waals surface area contributed by atoms with E-state index in [1.165, 1.54) is 0 Å². The van der Waals surface area contributed by atoms with Crippen LogP contribution in [0.1, 0.15) is 26.2 Å². The van der Waals surface area contributed by atoms with E-state index in [-0.39, 0.29) is 13.0 Å². The number of amides is 1. The summed E-state index contributed by atoms with van der Waals surface area (Å²) in [5, 5.41) is 8.91. The Morgan fingerprint density at radius 1 is 1.33 bits per heavy atom. The van der Waals surface area contributed by atoms with E-state index in [1.807, 2.05) is 0 Å². The largest absolute Gasteiger partial charge is 0.480 e. The molecule has 8 heteroatoms. The summed E-state index contributed by atoms with van der Waals surface area (Å²) < 4.78 is 37.9. The smallest absolute Gasteiger partial charge is 0.415 e. The molecule has 1 aliphatic heterocycles. The summed E-state index contributed by atoms with van der Waals surface area (Å²) in [6, 6.07) is -1.23. The number of halogens is 3. The van der Waals surface area contributed by atoms with Gasteiger partial charge in [-0.3, -0.25) is 4.79 Å². The van der Waals surface area contributed by atoms with Gasteiger partial charge in [0.1, 0.15) is 6.04 Å². The van der Waals surface area contributed by atoms with Crippen molar-refractivity contribution in [3.8, 4) is 0 Å². The summed E-state index contributed by atoms with van der Waals surface area (Å²) in [5.41, 5.74) is 1.96. The lowest BCUT2D eigenvalue weighted by atomic mass is 9.95. The molecule has 0 aromatic carbocycles. The molecule has 1 fully saturated rings. The molecule has 1 amide bonds. The molecule has 0 aliphatic carbocycles. The molecule has 18 heavy (non-hydrogen) atoms.